The summed E-state index contributed by atoms with van der Waals surface area (Å²) in [6.45, 7) is 0.480. The average Bonchev–Trinajstić information content (AvgIpc) is 3.21. The molecule has 1 N–H and O–H groups in total. The molecule has 3 rings (SSSR count). The Kier molecular flexibility index (Phi) is 7.78. The van der Waals surface area contributed by atoms with E-state index < -0.39 is 0 Å². The van der Waals surface area contributed by atoms with Gasteiger partial charge in [0.25, 0.3) is 5.91 Å². The van der Waals surface area contributed by atoms with E-state index in [2.05, 4.69) is 4.98 Å². The Morgan fingerprint density at radius 2 is 1.88 bits per heavy atom. The zero-order chi connectivity index (χ0) is 24.0. The Hall–Kier alpha value is -3.72. The number of aliphatic hydroxyl groups is 1. The van der Waals surface area contributed by atoms with Gasteiger partial charge >= 0.3 is 0 Å². The third kappa shape index (κ3) is 5.20. The minimum Gasteiger partial charge on any atom is -0.496 e. The minimum atomic E-state index is -0.365. The predicted molar refractivity (Wildman–Crippen MR) is 123 cm³/mol. The van der Waals surface area contributed by atoms with Crippen molar-refractivity contribution in [1.82, 2.24) is 14.5 Å². The second-order valence-corrected chi connectivity index (χ2v) is 7.54. The number of amides is 2. The smallest absolute Gasteiger partial charge is 0.274 e. The van der Waals surface area contributed by atoms with Crippen LogP contribution >= 0.6 is 0 Å². The van der Waals surface area contributed by atoms with Crippen LogP contribution < -0.4 is 9.64 Å². The van der Waals surface area contributed by atoms with Gasteiger partial charge in [-0.05, 0) is 36.2 Å². The second-order valence-electron chi connectivity index (χ2n) is 7.54. The van der Waals surface area contributed by atoms with Crippen LogP contribution in [0.3, 0.4) is 0 Å². The molecular formula is C24H27FN4O4. The van der Waals surface area contributed by atoms with Crippen molar-refractivity contribution in [3.8, 4) is 17.1 Å². The van der Waals surface area contributed by atoms with Crippen LogP contribution in [0.2, 0.25) is 0 Å². The van der Waals surface area contributed by atoms with Crippen molar-refractivity contribution >= 4 is 18.1 Å². The number of hydrogen-bond donors (Lipinski definition) is 1. The van der Waals surface area contributed by atoms with E-state index in [0.717, 1.165) is 5.56 Å². The monoisotopic (exact) mass is 454 g/mol. The fourth-order valence-corrected chi connectivity index (χ4v) is 3.50. The van der Waals surface area contributed by atoms with Crippen molar-refractivity contribution in [3.63, 3.8) is 0 Å². The number of methoxy groups -OCH3 is 1. The first-order valence-electron chi connectivity index (χ1n) is 10.4. The van der Waals surface area contributed by atoms with Crippen LogP contribution in [0.15, 0.2) is 48.5 Å². The van der Waals surface area contributed by atoms with Gasteiger partial charge in [-0.25, -0.2) is 9.37 Å². The maximum Gasteiger partial charge on any atom is 0.274 e. The summed E-state index contributed by atoms with van der Waals surface area (Å²) in [5.41, 5.74) is 1.59. The fraction of sp³-hybridized carbons (Fsp3) is 0.292. The highest BCUT2D eigenvalue weighted by atomic mass is 19.1. The molecule has 0 radical (unpaired) electrons. The van der Waals surface area contributed by atoms with E-state index in [4.69, 9.17) is 4.74 Å². The number of hydrogen-bond acceptors (Lipinski definition) is 5. The Morgan fingerprint density at radius 1 is 1.18 bits per heavy atom. The van der Waals surface area contributed by atoms with Gasteiger partial charge in [0.2, 0.25) is 6.41 Å². The summed E-state index contributed by atoms with van der Waals surface area (Å²) in [5, 5.41) is 9.18. The van der Waals surface area contributed by atoms with Gasteiger partial charge in [-0.15, -0.1) is 0 Å². The third-order valence-corrected chi connectivity index (χ3v) is 5.24. The van der Waals surface area contributed by atoms with Gasteiger partial charge in [0.15, 0.2) is 11.5 Å². The molecule has 0 atom stereocenters. The van der Waals surface area contributed by atoms with Gasteiger partial charge in [0.1, 0.15) is 17.4 Å². The maximum absolute atomic E-state index is 13.5. The SMILES string of the molecule is COc1ccccc1-c1nc(N(C)C=O)c(C(=O)N(C)CCCO)n1Cc1ccc(F)cc1. The van der Waals surface area contributed by atoms with Gasteiger partial charge in [-0.3, -0.25) is 9.59 Å². The molecule has 2 aromatic carbocycles. The lowest BCUT2D eigenvalue weighted by atomic mass is 10.1. The van der Waals surface area contributed by atoms with Crippen molar-refractivity contribution in [2.75, 3.05) is 39.3 Å². The molecule has 1 aromatic heterocycles. The molecule has 8 nitrogen and oxygen atoms in total. The van der Waals surface area contributed by atoms with E-state index in [9.17, 15) is 19.1 Å². The van der Waals surface area contributed by atoms with Crippen molar-refractivity contribution in [3.05, 3.63) is 65.6 Å². The van der Waals surface area contributed by atoms with Gasteiger partial charge in [0.05, 0.1) is 12.7 Å². The zero-order valence-electron chi connectivity index (χ0n) is 18.9. The van der Waals surface area contributed by atoms with Crippen molar-refractivity contribution < 1.29 is 23.8 Å². The van der Waals surface area contributed by atoms with Crippen LogP contribution in [-0.4, -0.2) is 66.2 Å². The number of ether oxygens (including phenoxy) is 1. The molecule has 0 aliphatic rings. The molecule has 0 saturated carbocycles. The Balaban J connectivity index is 2.25. The molecule has 0 aliphatic carbocycles. The number of halogens is 1. The van der Waals surface area contributed by atoms with Crippen LogP contribution in [0.1, 0.15) is 22.5 Å². The predicted octanol–water partition coefficient (Wildman–Crippen LogP) is 2.79. The summed E-state index contributed by atoms with van der Waals surface area (Å²) in [7, 11) is 4.69. The molecular weight excluding hydrogens is 427 g/mol. The highest BCUT2D eigenvalue weighted by Gasteiger charge is 2.29. The number of para-hydroxylation sites is 1. The summed E-state index contributed by atoms with van der Waals surface area (Å²) >= 11 is 0. The van der Waals surface area contributed by atoms with Gasteiger partial charge in [-0.1, -0.05) is 24.3 Å². The molecule has 0 bridgehead atoms. The average molecular weight is 455 g/mol. The first kappa shape index (κ1) is 23.9. The highest BCUT2D eigenvalue weighted by Crippen LogP contribution is 2.34. The number of anilines is 1. The summed E-state index contributed by atoms with van der Waals surface area (Å²) in [6, 6.07) is 13.2. The second kappa shape index (κ2) is 10.7. The largest absolute Gasteiger partial charge is 0.496 e. The van der Waals surface area contributed by atoms with Crippen LogP contribution in [0.25, 0.3) is 11.4 Å². The molecule has 9 heteroatoms. The fourth-order valence-electron chi connectivity index (χ4n) is 3.50. The van der Waals surface area contributed by atoms with Gasteiger partial charge in [-0.2, -0.15) is 0 Å². The number of aromatic nitrogens is 2. The summed E-state index contributed by atoms with van der Waals surface area (Å²) in [5.74, 6) is 0.447. The first-order chi connectivity index (χ1) is 15.9. The number of benzene rings is 2. The van der Waals surface area contributed by atoms with E-state index in [-0.39, 0.29) is 36.4 Å². The van der Waals surface area contributed by atoms with Crippen LogP contribution in [-0.2, 0) is 11.3 Å². The molecule has 0 unspecified atom stereocenters. The molecule has 174 valence electrons. The standard InChI is InChI=1S/C24H27FN4O4/c1-27(13-6-14-30)24(32)21-23(28(2)16-31)26-22(19-7-4-5-8-20(19)33-3)29(21)15-17-9-11-18(25)12-10-17/h4-5,7-12,16,30H,6,13-15H2,1-3H3. The lowest BCUT2D eigenvalue weighted by molar-refractivity contribution is -0.107. The molecule has 33 heavy (non-hydrogen) atoms. The first-order valence-corrected chi connectivity index (χ1v) is 10.4. The quantitative estimate of drug-likeness (QED) is 0.476. The Labute approximate surface area is 191 Å². The lowest BCUT2D eigenvalue weighted by Crippen LogP contribution is -2.32. The number of rotatable bonds is 10. The number of nitrogens with zero attached hydrogens (tertiary/aromatic N) is 4. The normalized spacial score (nSPS) is 10.7. The zero-order valence-corrected chi connectivity index (χ0v) is 18.9. The number of imidazole rings is 1. The molecule has 0 saturated heterocycles. The van der Waals surface area contributed by atoms with E-state index >= 15 is 0 Å². The van der Waals surface area contributed by atoms with E-state index in [1.165, 1.54) is 29.0 Å². The summed E-state index contributed by atoms with van der Waals surface area (Å²) < 4.78 is 20.7. The number of carbonyl (C=O) groups excluding carboxylic acids is 2. The minimum absolute atomic E-state index is 0.0555. The van der Waals surface area contributed by atoms with Crippen molar-refractivity contribution in [1.29, 1.82) is 0 Å². The molecule has 2 amide bonds. The Bertz CT molecular complexity index is 1110. The van der Waals surface area contributed by atoms with E-state index in [0.29, 0.717) is 36.5 Å². The van der Waals surface area contributed by atoms with Crippen LogP contribution in [0.4, 0.5) is 10.2 Å². The maximum atomic E-state index is 13.5. The summed E-state index contributed by atoms with van der Waals surface area (Å²) in [4.78, 5) is 32.5. The summed E-state index contributed by atoms with van der Waals surface area (Å²) in [6.07, 6.45) is 0.994. The van der Waals surface area contributed by atoms with Crippen molar-refractivity contribution in [2.24, 2.45) is 0 Å². The topological polar surface area (TPSA) is 87.9 Å². The van der Waals surface area contributed by atoms with Gasteiger partial charge in [0, 0.05) is 33.8 Å². The molecule has 3 aromatic rings. The molecule has 1 heterocycles. The van der Waals surface area contributed by atoms with Gasteiger partial charge < -0.3 is 24.2 Å². The molecule has 0 fully saturated rings. The van der Waals surface area contributed by atoms with Crippen LogP contribution in [0.5, 0.6) is 5.75 Å². The third-order valence-electron chi connectivity index (χ3n) is 5.24. The highest BCUT2D eigenvalue weighted by molar-refractivity contribution is 6.00. The number of aliphatic hydroxyl groups excluding tert-OH is 1. The lowest BCUT2D eigenvalue weighted by Gasteiger charge is -2.20. The van der Waals surface area contributed by atoms with Crippen molar-refractivity contribution in [2.45, 2.75) is 13.0 Å². The van der Waals surface area contributed by atoms with Crippen LogP contribution in [0, 0.1) is 5.82 Å². The molecule has 0 aliphatic heterocycles. The van der Waals surface area contributed by atoms with E-state index in [1.54, 1.807) is 36.9 Å². The van der Waals surface area contributed by atoms with E-state index in [1.807, 2.05) is 18.2 Å². The molecule has 0 spiro atoms. The number of carbonyl (C=O) groups is 2. The Morgan fingerprint density at radius 3 is 2.52 bits per heavy atom.